The molecule has 2 aliphatic heterocycles. The Morgan fingerprint density at radius 3 is 1.59 bits per heavy atom. The average molecular weight is 1250 g/mol. The number of carbonyl (C=O) groups is 2. The minimum absolute atomic E-state index is 0.0759. The number of aliphatic hydroxyl groups excluding tert-OH is 1. The molecule has 6 rings (SSSR count). The van der Waals surface area contributed by atoms with Crippen LogP contribution in [-0.4, -0.2) is 93.5 Å². The van der Waals surface area contributed by atoms with Crippen LogP contribution in [0.5, 0.6) is 0 Å². The molecule has 0 bridgehead atoms. The quantitative estimate of drug-likeness (QED) is 0.0580. The standard InChI is InChI=1S/C23H31BrClN5O3Si.C17H17BrClN5O3.C4H9F3O3SSi/c1-23(2,3)34(4,5)33-12-15-8-16(9-18(25)20(15)24)28-22-17(21(27)31)11-30(29-22)19-13-32-7-6-14(19)10-26;18-15-10(7-25)3-11(4-13(15)19)22-17-12(16(21)26)6-24(23-17)14-8-27-2-1-9(14)5-20;1-12(2,3)10-11(8,9)4(5,6)7/h8-9,11,14,19H,6-7,12-13H2,1-5H3,(H2,27,31)(H,28,29);3-4,6,9,14,25H,1-2,7-8H2,(H2,21,26)(H,22,23);1-3H3/t14-,19?;9-,14?;/m11./s1. The lowest BCUT2D eigenvalue weighted by Gasteiger charge is -2.36. The molecular formula is C44H57Br2Cl2F3N10O9SSi2. The van der Waals surface area contributed by atoms with E-state index in [1.165, 1.54) is 25.8 Å². The van der Waals surface area contributed by atoms with E-state index in [9.17, 15) is 46.8 Å². The number of nitrogens with zero attached hydrogens (tertiary/aromatic N) is 6. The summed E-state index contributed by atoms with van der Waals surface area (Å²) in [5, 5.41) is 44.4. The summed E-state index contributed by atoms with van der Waals surface area (Å²) in [7, 11) is -10.1. The first-order valence-corrected chi connectivity index (χ1v) is 32.3. The molecule has 19 nitrogen and oxygen atoms in total. The van der Waals surface area contributed by atoms with Crippen LogP contribution >= 0.6 is 55.1 Å². The van der Waals surface area contributed by atoms with E-state index in [1.807, 2.05) is 6.07 Å². The second-order valence-corrected chi connectivity index (χ2v) is 32.7. The Labute approximate surface area is 450 Å². The van der Waals surface area contributed by atoms with E-state index in [1.54, 1.807) is 33.8 Å². The van der Waals surface area contributed by atoms with Crippen LogP contribution in [0.25, 0.3) is 0 Å². The molecule has 2 aromatic carbocycles. The first-order chi connectivity index (χ1) is 33.7. The summed E-state index contributed by atoms with van der Waals surface area (Å²) in [5.41, 5.74) is 8.84. The van der Waals surface area contributed by atoms with Crippen LogP contribution in [0.1, 0.15) is 77.5 Å². The number of amides is 2. The molecule has 4 atom stereocenters. The second-order valence-electron chi connectivity index (χ2n) is 19.2. The highest BCUT2D eigenvalue weighted by Gasteiger charge is 2.49. The van der Waals surface area contributed by atoms with Crippen molar-refractivity contribution < 1.29 is 54.1 Å². The topological polar surface area (TPSA) is 285 Å². The van der Waals surface area contributed by atoms with E-state index in [-0.39, 0.29) is 52.5 Å². The third-order valence-electron chi connectivity index (χ3n) is 11.6. The number of ether oxygens (including phenoxy) is 2. The van der Waals surface area contributed by atoms with Gasteiger partial charge in [-0.25, -0.2) is 0 Å². The van der Waals surface area contributed by atoms with E-state index < -0.39 is 44.1 Å². The smallest absolute Gasteiger partial charge is 0.413 e. The van der Waals surface area contributed by atoms with Crippen molar-refractivity contribution in [1.82, 2.24) is 19.6 Å². The molecule has 7 N–H and O–H groups in total. The Hall–Kier alpha value is -4.11. The maximum atomic E-state index is 12.1. The summed E-state index contributed by atoms with van der Waals surface area (Å²) in [4.78, 5) is 24.0. The fourth-order valence-electron chi connectivity index (χ4n) is 6.72. The van der Waals surface area contributed by atoms with E-state index >= 15 is 0 Å². The zero-order valence-corrected chi connectivity index (χ0v) is 48.5. The third-order valence-corrected chi connectivity index (χ3v) is 22.4. The van der Waals surface area contributed by atoms with Gasteiger partial charge in [0.25, 0.3) is 11.8 Å². The predicted octanol–water partition coefficient (Wildman–Crippen LogP) is 10.2. The summed E-state index contributed by atoms with van der Waals surface area (Å²) >= 11 is 19.5. The molecule has 29 heteroatoms. The molecule has 0 radical (unpaired) electrons. The molecular weight excluding hydrogens is 1190 g/mol. The lowest BCUT2D eigenvalue weighted by Crippen LogP contribution is -2.40. The van der Waals surface area contributed by atoms with Crippen LogP contribution in [0.15, 0.2) is 45.6 Å². The van der Waals surface area contributed by atoms with E-state index in [0.29, 0.717) is 83.2 Å². The predicted molar refractivity (Wildman–Crippen MR) is 281 cm³/mol. The van der Waals surface area contributed by atoms with Gasteiger partial charge < -0.3 is 45.0 Å². The zero-order chi connectivity index (χ0) is 55.0. The minimum Gasteiger partial charge on any atom is -0.413 e. The number of hydrogen-bond acceptors (Lipinski definition) is 15. The Balaban J connectivity index is 0.000000264. The van der Waals surface area contributed by atoms with Gasteiger partial charge in [0.05, 0.1) is 72.5 Å². The van der Waals surface area contributed by atoms with Crippen molar-refractivity contribution in [3.63, 3.8) is 0 Å². The number of nitrogens with two attached hydrogens (primary N) is 2. The van der Waals surface area contributed by atoms with Crippen molar-refractivity contribution in [3.05, 3.63) is 77.9 Å². The van der Waals surface area contributed by atoms with Gasteiger partial charge in [-0.05, 0) is 118 Å². The van der Waals surface area contributed by atoms with Gasteiger partial charge in [0.1, 0.15) is 11.1 Å². The van der Waals surface area contributed by atoms with Crippen LogP contribution in [0.4, 0.5) is 36.2 Å². The van der Waals surface area contributed by atoms with Crippen molar-refractivity contribution >= 4 is 117 Å². The second kappa shape index (κ2) is 25.2. The summed E-state index contributed by atoms with van der Waals surface area (Å²) < 4.78 is 81.6. The average Bonchev–Trinajstić information content (AvgIpc) is 3.92. The summed E-state index contributed by atoms with van der Waals surface area (Å²) in [6.45, 7) is 16.9. The number of alkyl halides is 3. The van der Waals surface area contributed by atoms with Crippen molar-refractivity contribution in [2.75, 3.05) is 37.1 Å². The molecule has 2 aromatic heterocycles. The molecule has 2 fully saturated rings. The molecule has 2 saturated heterocycles. The van der Waals surface area contributed by atoms with E-state index in [2.05, 4.69) is 103 Å². The molecule has 0 spiro atoms. The number of aromatic nitrogens is 4. The van der Waals surface area contributed by atoms with Crippen molar-refractivity contribution in [3.8, 4) is 12.1 Å². The molecule has 73 heavy (non-hydrogen) atoms. The Kier molecular flexibility index (Phi) is 21.2. The van der Waals surface area contributed by atoms with Gasteiger partial charge in [0, 0.05) is 45.9 Å². The highest BCUT2D eigenvalue weighted by molar-refractivity contribution is 9.11. The lowest BCUT2D eigenvalue weighted by molar-refractivity contribution is -0.0503. The molecule has 2 unspecified atom stereocenters. The highest BCUT2D eigenvalue weighted by Crippen LogP contribution is 2.40. The van der Waals surface area contributed by atoms with Crippen molar-refractivity contribution in [2.24, 2.45) is 23.3 Å². The number of hydrogen-bond donors (Lipinski definition) is 5. The largest absolute Gasteiger partial charge is 0.522 e. The minimum atomic E-state index is -5.39. The Bertz CT molecular complexity index is 2840. The van der Waals surface area contributed by atoms with Gasteiger partial charge in [-0.15, -0.1) is 0 Å². The third kappa shape index (κ3) is 16.4. The number of primary amides is 2. The molecule has 0 saturated carbocycles. The monoisotopic (exact) mass is 1240 g/mol. The van der Waals surface area contributed by atoms with Crippen molar-refractivity contribution in [2.45, 2.75) is 102 Å². The molecule has 0 aliphatic carbocycles. The number of halogens is 7. The van der Waals surface area contributed by atoms with Crippen LogP contribution < -0.4 is 22.1 Å². The Morgan fingerprint density at radius 1 is 0.836 bits per heavy atom. The number of carbonyl (C=O) groups excluding carboxylic acids is 2. The highest BCUT2D eigenvalue weighted by atomic mass is 79.9. The molecule has 4 heterocycles. The maximum absolute atomic E-state index is 12.1. The SMILES string of the molecule is CC(C)(C)[Si](C)(C)OCc1cc(Nc2nn(C3COCC[C@@H]3C#N)cc2C(N)=O)cc(Cl)c1Br.C[Si](C)(C)OS(=O)(=O)C(F)(F)F.N#C[C@H]1CCOCC1n1cc(C(N)=O)c(Nc2cc(Cl)c(Br)c(CO)c2)n1. The summed E-state index contributed by atoms with van der Waals surface area (Å²) in [6, 6.07) is 10.9. The van der Waals surface area contributed by atoms with Crippen molar-refractivity contribution in [1.29, 1.82) is 10.5 Å². The summed E-state index contributed by atoms with van der Waals surface area (Å²) in [5.74, 6) is -1.27. The molecule has 400 valence electrons. The van der Waals surface area contributed by atoms with E-state index in [4.69, 9.17) is 48.6 Å². The molecule has 4 aromatic rings. The fourth-order valence-corrected chi connectivity index (χ4v) is 11.9. The van der Waals surface area contributed by atoms with Gasteiger partial charge >= 0.3 is 15.6 Å². The number of nitrogens with one attached hydrogen (secondary N) is 2. The molecule has 2 aliphatic rings. The first kappa shape index (κ1) is 61.4. The summed E-state index contributed by atoms with van der Waals surface area (Å²) in [6.07, 6.45) is 4.28. The zero-order valence-electron chi connectivity index (χ0n) is 41.0. The van der Waals surface area contributed by atoms with Gasteiger partial charge in [-0.3, -0.25) is 19.0 Å². The number of anilines is 4. The van der Waals surface area contributed by atoms with Gasteiger partial charge in [0.15, 0.2) is 20.0 Å². The number of aliphatic hydroxyl groups is 1. The number of benzene rings is 2. The van der Waals surface area contributed by atoms with Gasteiger partial charge in [-0.2, -0.15) is 42.3 Å². The van der Waals surface area contributed by atoms with Crippen LogP contribution in [0.2, 0.25) is 47.8 Å². The molecule has 2 amide bonds. The van der Waals surface area contributed by atoms with Crippen LogP contribution in [-0.2, 0) is 41.1 Å². The lowest BCUT2D eigenvalue weighted by atomic mass is 9.97. The van der Waals surface area contributed by atoms with Gasteiger partial charge in [-0.1, -0.05) is 44.0 Å². The fraction of sp³-hybridized carbons (Fsp3) is 0.500. The maximum Gasteiger partial charge on any atom is 0.522 e. The van der Waals surface area contributed by atoms with Gasteiger partial charge in [0.2, 0.25) is 8.32 Å². The van der Waals surface area contributed by atoms with Crippen LogP contribution in [0, 0.1) is 34.5 Å². The first-order valence-electron chi connectivity index (χ1n) is 22.2. The number of nitriles is 2. The Morgan fingerprint density at radius 2 is 1.25 bits per heavy atom. The normalized spacial score (nSPS) is 18.5. The van der Waals surface area contributed by atoms with E-state index in [0.717, 1.165) is 10.0 Å². The van der Waals surface area contributed by atoms with Crippen LogP contribution in [0.3, 0.4) is 0 Å². The number of rotatable bonds is 14.